The van der Waals surface area contributed by atoms with Crippen molar-refractivity contribution in [1.29, 1.82) is 0 Å². The normalized spacial score (nSPS) is 13.6. The molecule has 0 bridgehead atoms. The monoisotopic (exact) mass is 210 g/mol. The van der Waals surface area contributed by atoms with Gasteiger partial charge in [0.2, 0.25) is 5.88 Å². The molecular weight excluding hydrogens is 196 g/mol. The lowest BCUT2D eigenvalue weighted by molar-refractivity contribution is 0.207. The number of hydrogen-bond acceptors (Lipinski definition) is 5. The molecule has 1 aromatic rings. The quantitative estimate of drug-likeness (QED) is 0.331. The molecule has 0 spiro atoms. The fourth-order valence-corrected chi connectivity index (χ4v) is 0.908. The van der Waals surface area contributed by atoms with E-state index in [9.17, 15) is 0 Å². The van der Waals surface area contributed by atoms with E-state index in [1.807, 2.05) is 13.8 Å². The average Bonchev–Trinajstić information content (AvgIpc) is 2.28. The summed E-state index contributed by atoms with van der Waals surface area (Å²) in [5.74, 6) is 0.170. The zero-order valence-corrected chi connectivity index (χ0v) is 8.71. The van der Waals surface area contributed by atoms with E-state index in [0.29, 0.717) is 0 Å². The van der Waals surface area contributed by atoms with Gasteiger partial charge in [0.25, 0.3) is 0 Å². The molecule has 0 fully saturated rings. The van der Waals surface area contributed by atoms with Gasteiger partial charge in [0.15, 0.2) is 11.5 Å². The molecule has 0 saturated carbocycles. The second kappa shape index (κ2) is 5.14. The molecular formula is C9H14N4O2. The van der Waals surface area contributed by atoms with Crippen LogP contribution in [0.4, 0.5) is 0 Å². The van der Waals surface area contributed by atoms with Crippen molar-refractivity contribution in [2.24, 2.45) is 10.9 Å². The van der Waals surface area contributed by atoms with E-state index < -0.39 is 0 Å². The smallest absolute Gasteiger partial charge is 0.244 e. The van der Waals surface area contributed by atoms with E-state index in [4.69, 9.17) is 15.7 Å². The highest BCUT2D eigenvalue weighted by molar-refractivity contribution is 5.97. The topological polar surface area (TPSA) is 93.6 Å². The molecule has 15 heavy (non-hydrogen) atoms. The molecule has 1 heterocycles. The van der Waals surface area contributed by atoms with Crippen LogP contribution in [0.3, 0.4) is 0 Å². The molecule has 82 valence electrons. The van der Waals surface area contributed by atoms with Crippen LogP contribution in [0.1, 0.15) is 26.0 Å². The van der Waals surface area contributed by atoms with Gasteiger partial charge in [-0.05, 0) is 13.3 Å². The third kappa shape index (κ3) is 2.80. The van der Waals surface area contributed by atoms with Crippen LogP contribution in [0.15, 0.2) is 17.5 Å². The van der Waals surface area contributed by atoms with Crippen molar-refractivity contribution in [2.45, 2.75) is 26.4 Å². The highest BCUT2D eigenvalue weighted by Crippen LogP contribution is 2.13. The van der Waals surface area contributed by atoms with Crippen molar-refractivity contribution in [1.82, 2.24) is 9.97 Å². The molecule has 1 aromatic heterocycles. The largest absolute Gasteiger partial charge is 0.473 e. The molecule has 1 rings (SSSR count). The maximum absolute atomic E-state index is 8.54. The summed E-state index contributed by atoms with van der Waals surface area (Å²) in [4.78, 5) is 7.91. The lowest BCUT2D eigenvalue weighted by Gasteiger charge is -2.13. The summed E-state index contributed by atoms with van der Waals surface area (Å²) < 4.78 is 5.47. The molecule has 0 saturated heterocycles. The van der Waals surface area contributed by atoms with Crippen LogP contribution in [0.25, 0.3) is 0 Å². The Labute approximate surface area is 87.8 Å². The summed E-state index contributed by atoms with van der Waals surface area (Å²) in [5.41, 5.74) is 5.68. The van der Waals surface area contributed by atoms with Gasteiger partial charge in [0.1, 0.15) is 0 Å². The maximum Gasteiger partial charge on any atom is 0.244 e. The van der Waals surface area contributed by atoms with E-state index in [-0.39, 0.29) is 23.5 Å². The maximum atomic E-state index is 8.54. The zero-order chi connectivity index (χ0) is 11.3. The van der Waals surface area contributed by atoms with Gasteiger partial charge in [-0.15, -0.1) is 0 Å². The summed E-state index contributed by atoms with van der Waals surface area (Å²) in [5, 5.41) is 11.4. The number of nitrogens with zero attached hydrogens (tertiary/aromatic N) is 3. The number of ether oxygens (including phenoxy) is 1. The van der Waals surface area contributed by atoms with Crippen molar-refractivity contribution in [3.05, 3.63) is 18.1 Å². The van der Waals surface area contributed by atoms with Gasteiger partial charge in [0, 0.05) is 12.4 Å². The van der Waals surface area contributed by atoms with Gasteiger partial charge < -0.3 is 15.7 Å². The highest BCUT2D eigenvalue weighted by Gasteiger charge is 2.13. The lowest BCUT2D eigenvalue weighted by Crippen LogP contribution is -2.20. The summed E-state index contributed by atoms with van der Waals surface area (Å²) in [6, 6.07) is 0. The zero-order valence-electron chi connectivity index (χ0n) is 8.71. The molecule has 0 aliphatic rings. The standard InChI is InChI=1S/C9H14N4O2/c1-3-6(2)15-9-7(8(10)13-14)11-4-5-12-9/h4-6,14H,3H2,1-2H3,(H2,10,13). The molecule has 1 atom stereocenters. The first-order valence-corrected chi connectivity index (χ1v) is 4.64. The van der Waals surface area contributed by atoms with Crippen molar-refractivity contribution >= 4 is 5.84 Å². The number of rotatable bonds is 4. The number of oxime groups is 1. The Kier molecular flexibility index (Phi) is 3.84. The molecule has 0 aliphatic heterocycles. The van der Waals surface area contributed by atoms with Gasteiger partial charge in [0.05, 0.1) is 6.10 Å². The van der Waals surface area contributed by atoms with E-state index in [2.05, 4.69) is 15.1 Å². The van der Waals surface area contributed by atoms with Gasteiger partial charge >= 0.3 is 0 Å². The van der Waals surface area contributed by atoms with Crippen molar-refractivity contribution < 1.29 is 9.94 Å². The first kappa shape index (κ1) is 11.2. The van der Waals surface area contributed by atoms with Crippen LogP contribution in [-0.4, -0.2) is 27.1 Å². The van der Waals surface area contributed by atoms with E-state index >= 15 is 0 Å². The van der Waals surface area contributed by atoms with Gasteiger partial charge in [-0.2, -0.15) is 0 Å². The number of amidine groups is 1. The first-order chi connectivity index (χ1) is 7.19. The summed E-state index contributed by atoms with van der Waals surface area (Å²) in [7, 11) is 0. The lowest BCUT2D eigenvalue weighted by atomic mass is 10.3. The van der Waals surface area contributed by atoms with E-state index in [1.165, 1.54) is 12.4 Å². The predicted octanol–water partition coefficient (Wildman–Crippen LogP) is 0.748. The van der Waals surface area contributed by atoms with E-state index in [1.54, 1.807) is 0 Å². The van der Waals surface area contributed by atoms with Gasteiger partial charge in [-0.3, -0.25) is 0 Å². The number of aromatic nitrogens is 2. The number of nitrogens with two attached hydrogens (primary N) is 1. The highest BCUT2D eigenvalue weighted by atomic mass is 16.5. The molecule has 6 nitrogen and oxygen atoms in total. The minimum absolute atomic E-state index is 0.00643. The van der Waals surface area contributed by atoms with Crippen LogP contribution < -0.4 is 10.5 Å². The Bertz CT molecular complexity index is 354. The van der Waals surface area contributed by atoms with Gasteiger partial charge in [-0.1, -0.05) is 12.1 Å². The molecule has 0 radical (unpaired) electrons. The van der Waals surface area contributed by atoms with Gasteiger partial charge in [-0.25, -0.2) is 9.97 Å². The SMILES string of the molecule is CCC(C)Oc1nccnc1C(N)=NO. The third-order valence-corrected chi connectivity index (χ3v) is 1.90. The average molecular weight is 210 g/mol. The van der Waals surface area contributed by atoms with Crippen LogP contribution >= 0.6 is 0 Å². The van der Waals surface area contributed by atoms with Crippen LogP contribution in [-0.2, 0) is 0 Å². The predicted molar refractivity (Wildman–Crippen MR) is 54.9 cm³/mol. The molecule has 1 unspecified atom stereocenters. The Morgan fingerprint density at radius 2 is 2.27 bits per heavy atom. The molecule has 0 amide bonds. The molecule has 0 aliphatic carbocycles. The second-order valence-corrected chi connectivity index (χ2v) is 3.03. The third-order valence-electron chi connectivity index (χ3n) is 1.90. The van der Waals surface area contributed by atoms with E-state index in [0.717, 1.165) is 6.42 Å². The molecule has 6 heteroatoms. The number of hydrogen-bond donors (Lipinski definition) is 2. The Hall–Kier alpha value is -1.85. The van der Waals surface area contributed by atoms with Crippen LogP contribution in [0, 0.1) is 0 Å². The summed E-state index contributed by atoms with van der Waals surface area (Å²) >= 11 is 0. The Morgan fingerprint density at radius 3 is 2.87 bits per heavy atom. The van der Waals surface area contributed by atoms with Crippen molar-refractivity contribution in [3.8, 4) is 5.88 Å². The Morgan fingerprint density at radius 1 is 1.60 bits per heavy atom. The fraction of sp³-hybridized carbons (Fsp3) is 0.444. The van der Waals surface area contributed by atoms with Crippen molar-refractivity contribution in [3.63, 3.8) is 0 Å². The van der Waals surface area contributed by atoms with Crippen molar-refractivity contribution in [2.75, 3.05) is 0 Å². The fourth-order valence-electron chi connectivity index (χ4n) is 0.908. The molecule has 3 N–H and O–H groups in total. The summed E-state index contributed by atoms with van der Waals surface area (Å²) in [6.45, 7) is 3.90. The molecule has 0 aromatic carbocycles. The second-order valence-electron chi connectivity index (χ2n) is 3.03. The van der Waals surface area contributed by atoms with Crippen LogP contribution in [0.5, 0.6) is 5.88 Å². The van der Waals surface area contributed by atoms with Crippen LogP contribution in [0.2, 0.25) is 0 Å². The minimum atomic E-state index is -0.110. The first-order valence-electron chi connectivity index (χ1n) is 4.64. The minimum Gasteiger partial charge on any atom is -0.473 e. The summed E-state index contributed by atoms with van der Waals surface area (Å²) in [6.07, 6.45) is 3.79. The Balaban J connectivity index is 2.96.